The van der Waals surface area contributed by atoms with Crippen molar-refractivity contribution < 1.29 is 19.0 Å². The summed E-state index contributed by atoms with van der Waals surface area (Å²) < 4.78 is 16.3. The van der Waals surface area contributed by atoms with Crippen LogP contribution < -0.4 is 14.2 Å². The lowest BCUT2D eigenvalue weighted by Crippen LogP contribution is -2.06. The van der Waals surface area contributed by atoms with Crippen molar-refractivity contribution in [2.75, 3.05) is 7.11 Å². The molecule has 0 aliphatic heterocycles. The highest BCUT2D eigenvalue weighted by atomic mass is 16.5. The van der Waals surface area contributed by atoms with Gasteiger partial charge in [0.2, 0.25) is 0 Å². The number of methoxy groups -OCH3 is 1. The smallest absolute Gasteiger partial charge is 0.336 e. The van der Waals surface area contributed by atoms with Crippen LogP contribution in [0.4, 0.5) is 0 Å². The number of carbonyl (C=O) groups is 1. The van der Waals surface area contributed by atoms with Crippen LogP contribution in [-0.4, -0.2) is 19.2 Å². The average molecular weight is 326 g/mol. The second kappa shape index (κ2) is 8.20. The van der Waals surface area contributed by atoms with E-state index in [-0.39, 0.29) is 6.10 Å². The van der Waals surface area contributed by atoms with E-state index in [2.05, 4.69) is 0 Å². The molecule has 0 amide bonds. The summed E-state index contributed by atoms with van der Waals surface area (Å²) in [6.45, 7) is 5.85. The van der Waals surface area contributed by atoms with E-state index < -0.39 is 5.97 Å². The van der Waals surface area contributed by atoms with Gasteiger partial charge < -0.3 is 14.2 Å². The van der Waals surface area contributed by atoms with E-state index in [1.54, 1.807) is 19.3 Å². The summed E-state index contributed by atoms with van der Waals surface area (Å²) in [4.78, 5) is 11.9. The Morgan fingerprint density at radius 3 is 2.54 bits per heavy atom. The van der Waals surface area contributed by atoms with Gasteiger partial charge in [-0.3, -0.25) is 0 Å². The van der Waals surface area contributed by atoms with Gasteiger partial charge in [0, 0.05) is 6.08 Å². The number of carbonyl (C=O) groups excluding carboxylic acids is 1. The molecule has 2 aromatic rings. The van der Waals surface area contributed by atoms with Crippen LogP contribution in [0.3, 0.4) is 0 Å². The van der Waals surface area contributed by atoms with Gasteiger partial charge in [0.15, 0.2) is 11.5 Å². The summed E-state index contributed by atoms with van der Waals surface area (Å²) in [7, 11) is 1.59. The number of esters is 1. The van der Waals surface area contributed by atoms with E-state index in [1.165, 1.54) is 6.08 Å². The van der Waals surface area contributed by atoms with Crippen molar-refractivity contribution in [3.63, 3.8) is 0 Å². The van der Waals surface area contributed by atoms with Crippen LogP contribution >= 0.6 is 0 Å². The number of hydrogen-bond donors (Lipinski definition) is 0. The molecule has 2 rings (SSSR count). The maximum atomic E-state index is 11.9. The highest BCUT2D eigenvalue weighted by Gasteiger charge is 2.07. The van der Waals surface area contributed by atoms with Crippen molar-refractivity contribution >= 4 is 12.0 Å². The number of aryl methyl sites for hydroxylation is 1. The summed E-state index contributed by atoms with van der Waals surface area (Å²) in [5, 5.41) is 0. The molecule has 0 aliphatic carbocycles. The van der Waals surface area contributed by atoms with Crippen molar-refractivity contribution in [2.24, 2.45) is 0 Å². The van der Waals surface area contributed by atoms with Gasteiger partial charge in [0.05, 0.1) is 13.2 Å². The van der Waals surface area contributed by atoms with Gasteiger partial charge in [-0.1, -0.05) is 18.2 Å². The Kier molecular flexibility index (Phi) is 6.01. The maximum Gasteiger partial charge on any atom is 0.336 e. The van der Waals surface area contributed by atoms with E-state index in [1.807, 2.05) is 57.2 Å². The topological polar surface area (TPSA) is 44.8 Å². The first kappa shape index (κ1) is 17.6. The van der Waals surface area contributed by atoms with Crippen LogP contribution in [0, 0.1) is 6.92 Å². The Labute approximate surface area is 142 Å². The highest BCUT2D eigenvalue weighted by Crippen LogP contribution is 2.29. The van der Waals surface area contributed by atoms with E-state index >= 15 is 0 Å². The first-order chi connectivity index (χ1) is 11.5. The lowest BCUT2D eigenvalue weighted by Gasteiger charge is -2.13. The molecule has 4 heteroatoms. The first-order valence-corrected chi connectivity index (χ1v) is 7.79. The third-order valence-corrected chi connectivity index (χ3v) is 3.17. The molecule has 0 spiro atoms. The Hall–Kier alpha value is -2.75. The quantitative estimate of drug-likeness (QED) is 0.448. The van der Waals surface area contributed by atoms with Crippen LogP contribution in [0.15, 0.2) is 48.5 Å². The molecule has 0 bridgehead atoms. The largest absolute Gasteiger partial charge is 0.493 e. The SMILES string of the molecule is COc1cc(/C=C/C(=O)Oc2cccc(C)c2)ccc1OC(C)C. The minimum Gasteiger partial charge on any atom is -0.493 e. The zero-order valence-electron chi connectivity index (χ0n) is 14.4. The Morgan fingerprint density at radius 1 is 1.08 bits per heavy atom. The Morgan fingerprint density at radius 2 is 1.88 bits per heavy atom. The Bertz CT molecular complexity index is 732. The molecule has 0 saturated carbocycles. The van der Waals surface area contributed by atoms with Crippen molar-refractivity contribution in [1.29, 1.82) is 0 Å². The second-order valence-electron chi connectivity index (χ2n) is 5.65. The fourth-order valence-corrected chi connectivity index (χ4v) is 2.13. The summed E-state index contributed by atoms with van der Waals surface area (Å²) in [6.07, 6.45) is 3.13. The molecule has 0 aromatic heterocycles. The molecule has 24 heavy (non-hydrogen) atoms. The van der Waals surface area contributed by atoms with E-state index in [0.29, 0.717) is 17.2 Å². The van der Waals surface area contributed by atoms with E-state index in [4.69, 9.17) is 14.2 Å². The molecular weight excluding hydrogens is 304 g/mol. The molecule has 0 N–H and O–H groups in total. The molecule has 0 heterocycles. The minimum atomic E-state index is -0.429. The lowest BCUT2D eigenvalue weighted by molar-refractivity contribution is -0.128. The number of hydrogen-bond acceptors (Lipinski definition) is 4. The number of benzene rings is 2. The summed E-state index contributed by atoms with van der Waals surface area (Å²) in [6, 6.07) is 12.8. The second-order valence-corrected chi connectivity index (χ2v) is 5.65. The van der Waals surface area contributed by atoms with Gasteiger partial charge in [0.1, 0.15) is 5.75 Å². The molecule has 0 fully saturated rings. The van der Waals surface area contributed by atoms with Gasteiger partial charge in [-0.2, -0.15) is 0 Å². The zero-order valence-corrected chi connectivity index (χ0v) is 14.4. The van der Waals surface area contributed by atoms with E-state index in [9.17, 15) is 4.79 Å². The highest BCUT2D eigenvalue weighted by molar-refractivity contribution is 5.88. The van der Waals surface area contributed by atoms with Crippen LogP contribution in [0.2, 0.25) is 0 Å². The van der Waals surface area contributed by atoms with E-state index in [0.717, 1.165) is 11.1 Å². The zero-order chi connectivity index (χ0) is 17.5. The minimum absolute atomic E-state index is 0.0598. The molecule has 4 nitrogen and oxygen atoms in total. The van der Waals surface area contributed by atoms with Crippen LogP contribution in [0.5, 0.6) is 17.2 Å². The van der Waals surface area contributed by atoms with Crippen LogP contribution in [0.1, 0.15) is 25.0 Å². The molecular formula is C20H22O4. The van der Waals surface area contributed by atoms with Crippen molar-refractivity contribution in [3.8, 4) is 17.2 Å². The third kappa shape index (κ3) is 5.16. The first-order valence-electron chi connectivity index (χ1n) is 7.79. The number of rotatable bonds is 6. The maximum absolute atomic E-state index is 11.9. The van der Waals surface area contributed by atoms with Crippen molar-refractivity contribution in [3.05, 3.63) is 59.7 Å². The summed E-state index contributed by atoms with van der Waals surface area (Å²) >= 11 is 0. The standard InChI is InChI=1S/C20H22O4/c1-14(2)23-18-10-8-16(13-19(18)22-4)9-11-20(21)24-17-7-5-6-15(3)12-17/h5-14H,1-4H3/b11-9+. The average Bonchev–Trinajstić information content (AvgIpc) is 2.53. The summed E-state index contributed by atoms with van der Waals surface area (Å²) in [5.74, 6) is 1.40. The van der Waals surface area contributed by atoms with Crippen molar-refractivity contribution in [1.82, 2.24) is 0 Å². The van der Waals surface area contributed by atoms with Crippen molar-refractivity contribution in [2.45, 2.75) is 26.9 Å². The lowest BCUT2D eigenvalue weighted by atomic mass is 10.2. The molecule has 0 saturated heterocycles. The molecule has 0 radical (unpaired) electrons. The normalized spacial score (nSPS) is 10.9. The van der Waals surface area contributed by atoms with Gasteiger partial charge in [-0.05, 0) is 62.2 Å². The molecule has 0 unspecified atom stereocenters. The third-order valence-electron chi connectivity index (χ3n) is 3.17. The van der Waals surface area contributed by atoms with Gasteiger partial charge in [-0.25, -0.2) is 4.79 Å². The molecule has 2 aromatic carbocycles. The Balaban J connectivity index is 2.06. The van der Waals surface area contributed by atoms with Crippen LogP contribution in [-0.2, 0) is 4.79 Å². The predicted molar refractivity (Wildman–Crippen MR) is 94.6 cm³/mol. The fraction of sp³-hybridized carbons (Fsp3) is 0.250. The summed E-state index contributed by atoms with van der Waals surface area (Å²) in [5.41, 5.74) is 1.86. The number of ether oxygens (including phenoxy) is 3. The monoisotopic (exact) mass is 326 g/mol. The van der Waals surface area contributed by atoms with Gasteiger partial charge >= 0.3 is 5.97 Å². The van der Waals surface area contributed by atoms with Gasteiger partial charge in [-0.15, -0.1) is 0 Å². The predicted octanol–water partition coefficient (Wildman–Crippen LogP) is 4.41. The van der Waals surface area contributed by atoms with Gasteiger partial charge in [0.25, 0.3) is 0 Å². The fourth-order valence-electron chi connectivity index (χ4n) is 2.13. The molecule has 126 valence electrons. The molecule has 0 aliphatic rings. The van der Waals surface area contributed by atoms with Crippen LogP contribution in [0.25, 0.3) is 6.08 Å². The molecule has 0 atom stereocenters.